The van der Waals surface area contributed by atoms with E-state index in [1.807, 2.05) is 24.3 Å². The minimum absolute atomic E-state index is 0.119. The summed E-state index contributed by atoms with van der Waals surface area (Å²) >= 11 is 0. The number of aromatic nitrogens is 1. The monoisotopic (exact) mass is 371 g/mol. The maximum atomic E-state index is 12.9. The number of carboxylic acid groups (broad SMARTS) is 1. The molecule has 1 unspecified atom stereocenters. The minimum atomic E-state index is -1.11. The lowest BCUT2D eigenvalue weighted by Crippen LogP contribution is -2.45. The van der Waals surface area contributed by atoms with E-state index < -0.39 is 12.1 Å². The molecular weight excluding hydrogens is 342 g/mol. The maximum Gasteiger partial charge on any atom is 0.407 e. The van der Waals surface area contributed by atoms with Gasteiger partial charge in [-0.3, -0.25) is 14.7 Å². The number of hydrogen-bond donors (Lipinski definition) is 2. The standard InChI is InChI=1S/C21H29N3O3/c1-14(12-21(2,3)4)10-18(24(5)20(26)27)19(25)23-17-7-6-15-8-9-22-13-16(15)11-17/h6-9,11,13-14,18H,10,12H2,1-5H3,(H,23,25)(H,26,27)/t14-,18?/m0/s1. The zero-order valence-corrected chi connectivity index (χ0v) is 16.7. The van der Waals surface area contributed by atoms with E-state index in [0.29, 0.717) is 12.1 Å². The van der Waals surface area contributed by atoms with Crippen molar-refractivity contribution in [1.82, 2.24) is 9.88 Å². The van der Waals surface area contributed by atoms with Crippen LogP contribution in [0.4, 0.5) is 10.5 Å². The number of likely N-dealkylation sites (N-methyl/N-ethyl adjacent to an activating group) is 1. The number of fused-ring (bicyclic) bond motifs is 1. The number of nitrogens with one attached hydrogen (secondary N) is 1. The van der Waals surface area contributed by atoms with Crippen LogP contribution >= 0.6 is 0 Å². The molecule has 2 amide bonds. The summed E-state index contributed by atoms with van der Waals surface area (Å²) < 4.78 is 0. The van der Waals surface area contributed by atoms with Gasteiger partial charge in [0.25, 0.3) is 0 Å². The lowest BCUT2D eigenvalue weighted by atomic mass is 9.82. The van der Waals surface area contributed by atoms with Gasteiger partial charge in [0, 0.05) is 30.5 Å². The van der Waals surface area contributed by atoms with Crippen molar-refractivity contribution in [3.05, 3.63) is 36.7 Å². The van der Waals surface area contributed by atoms with Crippen LogP contribution < -0.4 is 5.32 Å². The van der Waals surface area contributed by atoms with Gasteiger partial charge in [-0.25, -0.2) is 4.79 Å². The van der Waals surface area contributed by atoms with Crippen molar-refractivity contribution in [3.63, 3.8) is 0 Å². The van der Waals surface area contributed by atoms with Gasteiger partial charge in [0.15, 0.2) is 0 Å². The molecule has 6 nitrogen and oxygen atoms in total. The minimum Gasteiger partial charge on any atom is -0.465 e. The number of benzene rings is 1. The molecule has 0 saturated heterocycles. The van der Waals surface area contributed by atoms with E-state index in [9.17, 15) is 14.7 Å². The van der Waals surface area contributed by atoms with Crippen molar-refractivity contribution in [1.29, 1.82) is 0 Å². The molecule has 0 aliphatic carbocycles. The molecule has 0 radical (unpaired) electrons. The molecule has 1 aromatic carbocycles. The van der Waals surface area contributed by atoms with Crippen molar-refractivity contribution in [2.24, 2.45) is 11.3 Å². The molecule has 0 aliphatic rings. The van der Waals surface area contributed by atoms with Gasteiger partial charge in [-0.05, 0) is 47.8 Å². The summed E-state index contributed by atoms with van der Waals surface area (Å²) in [4.78, 5) is 29.5. The average Bonchev–Trinajstić information content (AvgIpc) is 2.57. The van der Waals surface area contributed by atoms with Crippen LogP contribution in [-0.4, -0.2) is 40.1 Å². The molecule has 1 aromatic heterocycles. The first-order valence-corrected chi connectivity index (χ1v) is 9.17. The Bertz CT molecular complexity index is 814. The van der Waals surface area contributed by atoms with Gasteiger partial charge in [-0.2, -0.15) is 0 Å². The number of carbonyl (C=O) groups excluding carboxylic acids is 1. The molecule has 0 aliphatic heterocycles. The summed E-state index contributed by atoms with van der Waals surface area (Å²) in [5.41, 5.74) is 0.751. The quantitative estimate of drug-likeness (QED) is 0.776. The number of carbonyl (C=O) groups is 2. The smallest absolute Gasteiger partial charge is 0.407 e. The SMILES string of the molecule is C[C@@H](CC(C(=O)Nc1ccc2ccncc2c1)N(C)C(=O)O)CC(C)(C)C. The molecule has 146 valence electrons. The largest absolute Gasteiger partial charge is 0.465 e. The molecule has 2 N–H and O–H groups in total. The van der Waals surface area contributed by atoms with Crippen LogP contribution in [-0.2, 0) is 4.79 Å². The summed E-state index contributed by atoms with van der Waals surface area (Å²) in [6, 6.07) is 6.72. The van der Waals surface area contributed by atoms with E-state index >= 15 is 0 Å². The van der Waals surface area contributed by atoms with Gasteiger partial charge in [0.2, 0.25) is 5.91 Å². The third kappa shape index (κ3) is 5.94. The Kier molecular flexibility index (Phi) is 6.41. The predicted octanol–water partition coefficient (Wildman–Crippen LogP) is 4.61. The summed E-state index contributed by atoms with van der Waals surface area (Å²) in [7, 11) is 1.45. The average molecular weight is 371 g/mol. The third-order valence-corrected chi connectivity index (χ3v) is 4.57. The molecular formula is C21H29N3O3. The Balaban J connectivity index is 2.17. The van der Waals surface area contributed by atoms with E-state index in [1.54, 1.807) is 12.4 Å². The van der Waals surface area contributed by atoms with E-state index in [1.165, 1.54) is 7.05 Å². The molecule has 2 rings (SSSR count). The first-order chi connectivity index (χ1) is 12.6. The topological polar surface area (TPSA) is 82.5 Å². The second-order valence-electron chi connectivity index (χ2n) is 8.44. The van der Waals surface area contributed by atoms with Gasteiger partial charge in [-0.1, -0.05) is 33.8 Å². The van der Waals surface area contributed by atoms with Gasteiger partial charge in [-0.15, -0.1) is 0 Å². The van der Waals surface area contributed by atoms with Crippen LogP contribution in [0.3, 0.4) is 0 Å². The van der Waals surface area contributed by atoms with Crippen molar-refractivity contribution in [2.75, 3.05) is 12.4 Å². The fraction of sp³-hybridized carbons (Fsp3) is 0.476. The van der Waals surface area contributed by atoms with Crippen LogP contribution in [0, 0.1) is 11.3 Å². The Morgan fingerprint density at radius 1 is 1.22 bits per heavy atom. The lowest BCUT2D eigenvalue weighted by molar-refractivity contribution is -0.121. The molecule has 0 bridgehead atoms. The van der Waals surface area contributed by atoms with Gasteiger partial charge >= 0.3 is 6.09 Å². The number of hydrogen-bond acceptors (Lipinski definition) is 3. The highest BCUT2D eigenvalue weighted by Crippen LogP contribution is 2.28. The fourth-order valence-electron chi connectivity index (χ4n) is 3.47. The van der Waals surface area contributed by atoms with E-state index in [4.69, 9.17) is 0 Å². The molecule has 0 fully saturated rings. The molecule has 2 atom stereocenters. The van der Waals surface area contributed by atoms with Crippen molar-refractivity contribution in [2.45, 2.75) is 46.6 Å². The normalized spacial score (nSPS) is 13.8. The van der Waals surface area contributed by atoms with Gasteiger partial charge in [0.1, 0.15) is 6.04 Å². The second kappa shape index (κ2) is 8.37. The van der Waals surface area contributed by atoms with Crippen LogP contribution in [0.1, 0.15) is 40.5 Å². The van der Waals surface area contributed by atoms with Crippen LogP contribution in [0.15, 0.2) is 36.7 Å². The Hall–Kier alpha value is -2.63. The van der Waals surface area contributed by atoms with E-state index in [-0.39, 0.29) is 17.2 Å². The molecule has 0 spiro atoms. The summed E-state index contributed by atoms with van der Waals surface area (Å²) in [6.45, 7) is 8.48. The van der Waals surface area contributed by atoms with Gasteiger partial charge < -0.3 is 10.4 Å². The molecule has 1 heterocycles. The Labute approximate surface area is 160 Å². The second-order valence-corrected chi connectivity index (χ2v) is 8.44. The Morgan fingerprint density at radius 3 is 2.56 bits per heavy atom. The zero-order valence-electron chi connectivity index (χ0n) is 16.7. The highest BCUT2D eigenvalue weighted by Gasteiger charge is 2.30. The maximum absolute atomic E-state index is 12.9. The number of nitrogens with zero attached hydrogens (tertiary/aromatic N) is 2. The fourth-order valence-corrected chi connectivity index (χ4v) is 3.47. The first kappa shape index (κ1) is 20.7. The summed E-state index contributed by atoms with van der Waals surface area (Å²) in [5, 5.41) is 14.2. The van der Waals surface area contributed by atoms with Crippen LogP contribution in [0.25, 0.3) is 10.8 Å². The highest BCUT2D eigenvalue weighted by atomic mass is 16.4. The van der Waals surface area contributed by atoms with Crippen molar-refractivity contribution >= 4 is 28.5 Å². The number of amides is 2. The third-order valence-electron chi connectivity index (χ3n) is 4.57. The van der Waals surface area contributed by atoms with Crippen LogP contribution in [0.5, 0.6) is 0 Å². The van der Waals surface area contributed by atoms with E-state index in [0.717, 1.165) is 22.1 Å². The predicted molar refractivity (Wildman–Crippen MR) is 108 cm³/mol. The molecule has 27 heavy (non-hydrogen) atoms. The summed E-state index contributed by atoms with van der Waals surface area (Å²) in [6.07, 6.45) is 3.72. The van der Waals surface area contributed by atoms with Crippen molar-refractivity contribution < 1.29 is 14.7 Å². The molecule has 6 heteroatoms. The van der Waals surface area contributed by atoms with Crippen LogP contribution in [0.2, 0.25) is 0 Å². The van der Waals surface area contributed by atoms with Crippen molar-refractivity contribution in [3.8, 4) is 0 Å². The number of anilines is 1. The highest BCUT2D eigenvalue weighted by molar-refractivity contribution is 5.98. The Morgan fingerprint density at radius 2 is 1.93 bits per heavy atom. The number of rotatable bonds is 6. The number of pyridine rings is 1. The van der Waals surface area contributed by atoms with E-state index in [2.05, 4.69) is 38.0 Å². The molecule has 0 saturated carbocycles. The van der Waals surface area contributed by atoms with Gasteiger partial charge in [0.05, 0.1) is 0 Å². The summed E-state index contributed by atoms with van der Waals surface area (Å²) in [5.74, 6) is -0.104. The lowest BCUT2D eigenvalue weighted by Gasteiger charge is -2.30. The zero-order chi connectivity index (χ0) is 20.2. The molecule has 2 aromatic rings. The first-order valence-electron chi connectivity index (χ1n) is 9.17.